The Bertz CT molecular complexity index is 1300. The Kier molecular flexibility index (Phi) is 5.74. The summed E-state index contributed by atoms with van der Waals surface area (Å²) in [4.78, 5) is 49.7. The Morgan fingerprint density at radius 3 is 2.82 bits per heavy atom. The molecule has 34 heavy (non-hydrogen) atoms. The van der Waals surface area contributed by atoms with Crippen LogP contribution in [0.2, 0.25) is 0 Å². The highest BCUT2D eigenvalue weighted by Gasteiger charge is 2.33. The fraction of sp³-hybridized carbons (Fsp3) is 0.273. The van der Waals surface area contributed by atoms with Gasteiger partial charge in [-0.25, -0.2) is 19.0 Å². The average molecular weight is 482 g/mol. The van der Waals surface area contributed by atoms with E-state index in [0.717, 1.165) is 4.90 Å². The van der Waals surface area contributed by atoms with Crippen LogP contribution in [0.4, 0.5) is 15.9 Å². The highest BCUT2D eigenvalue weighted by molar-refractivity contribution is 7.99. The molecule has 0 spiro atoms. The standard InChI is InChI=1S/C22H20FN7O3S/c1-28-16-9-24-18(30-7-6-19(30)31)8-17(16)34-11-15(22(28)33)26-21(32)20-25-12-29(27-20)10-13-4-2-3-5-14(13)23/h2-5,8-9,12,15H,6-7,10-11H2,1H3,(H,26,32)/t15-/m0/s1. The van der Waals surface area contributed by atoms with E-state index in [2.05, 4.69) is 20.4 Å². The minimum Gasteiger partial charge on any atom is -0.337 e. The molecule has 5 rings (SSSR count). The number of pyridine rings is 1. The maximum absolute atomic E-state index is 13.9. The lowest BCUT2D eigenvalue weighted by atomic mass is 10.2. The monoisotopic (exact) mass is 481 g/mol. The molecule has 3 aromatic rings. The number of nitrogens with zero attached hydrogens (tertiary/aromatic N) is 6. The maximum Gasteiger partial charge on any atom is 0.291 e. The van der Waals surface area contributed by atoms with Crippen LogP contribution in [-0.4, -0.2) is 62.9 Å². The van der Waals surface area contributed by atoms with Crippen molar-refractivity contribution in [3.8, 4) is 0 Å². The van der Waals surface area contributed by atoms with Crippen LogP contribution in [-0.2, 0) is 16.1 Å². The summed E-state index contributed by atoms with van der Waals surface area (Å²) in [7, 11) is 1.61. The fourth-order valence-corrected chi connectivity index (χ4v) is 4.79. The van der Waals surface area contributed by atoms with Crippen molar-refractivity contribution in [3.63, 3.8) is 0 Å². The lowest BCUT2D eigenvalue weighted by Gasteiger charge is -2.30. The topological polar surface area (TPSA) is 113 Å². The zero-order chi connectivity index (χ0) is 23.8. The van der Waals surface area contributed by atoms with Crippen LogP contribution >= 0.6 is 11.8 Å². The Morgan fingerprint density at radius 1 is 1.26 bits per heavy atom. The van der Waals surface area contributed by atoms with E-state index >= 15 is 0 Å². The molecule has 10 nitrogen and oxygen atoms in total. The second kappa shape index (κ2) is 8.86. The van der Waals surface area contributed by atoms with Crippen LogP contribution in [0.1, 0.15) is 22.6 Å². The average Bonchev–Trinajstić information content (AvgIpc) is 3.26. The first-order valence-electron chi connectivity index (χ1n) is 10.5. The molecule has 0 radical (unpaired) electrons. The number of benzene rings is 1. The number of aromatic nitrogens is 4. The van der Waals surface area contributed by atoms with Crippen molar-refractivity contribution in [1.29, 1.82) is 0 Å². The van der Waals surface area contributed by atoms with Gasteiger partial charge in [-0.15, -0.1) is 16.9 Å². The van der Waals surface area contributed by atoms with Gasteiger partial charge in [0, 0.05) is 36.2 Å². The van der Waals surface area contributed by atoms with E-state index in [0.29, 0.717) is 30.0 Å². The molecule has 1 atom stereocenters. The Morgan fingerprint density at radius 2 is 2.09 bits per heavy atom. The van der Waals surface area contributed by atoms with E-state index < -0.39 is 11.9 Å². The summed E-state index contributed by atoms with van der Waals surface area (Å²) in [5, 5.41) is 6.82. The third-order valence-corrected chi connectivity index (χ3v) is 6.83. The van der Waals surface area contributed by atoms with Gasteiger partial charge in [-0.3, -0.25) is 19.3 Å². The summed E-state index contributed by atoms with van der Waals surface area (Å²) in [6, 6.07) is 7.26. The minimum absolute atomic E-state index is 0.0163. The van der Waals surface area contributed by atoms with Gasteiger partial charge in [-0.1, -0.05) is 18.2 Å². The number of carbonyl (C=O) groups is 3. The molecular formula is C22H20FN7O3S. The first-order valence-corrected chi connectivity index (χ1v) is 11.5. The van der Waals surface area contributed by atoms with Gasteiger partial charge in [-0.05, 0) is 12.1 Å². The summed E-state index contributed by atoms with van der Waals surface area (Å²) in [6.45, 7) is 0.747. The van der Waals surface area contributed by atoms with Crippen molar-refractivity contribution >= 4 is 41.0 Å². The van der Waals surface area contributed by atoms with Crippen molar-refractivity contribution in [1.82, 2.24) is 25.1 Å². The molecule has 0 saturated carbocycles. The van der Waals surface area contributed by atoms with Crippen LogP contribution in [0.3, 0.4) is 0 Å². The predicted octanol–water partition coefficient (Wildman–Crippen LogP) is 1.46. The molecule has 1 saturated heterocycles. The molecule has 2 aliphatic rings. The normalized spacial score (nSPS) is 17.8. The number of anilines is 2. The Labute approximate surface area is 198 Å². The van der Waals surface area contributed by atoms with E-state index in [1.54, 1.807) is 42.4 Å². The van der Waals surface area contributed by atoms with Gasteiger partial charge in [0.2, 0.25) is 17.6 Å². The number of β-lactam (4-membered cyclic amide) rings is 1. The van der Waals surface area contributed by atoms with Gasteiger partial charge in [0.1, 0.15) is 24.0 Å². The summed E-state index contributed by atoms with van der Waals surface area (Å²) >= 11 is 1.40. The number of thioether (sulfide) groups is 1. The number of amides is 3. The number of rotatable bonds is 5. The molecule has 2 aliphatic heterocycles. The SMILES string of the molecule is CN1C(=O)[C@@H](NC(=O)c2ncn(Cc3ccccc3F)n2)CSc2cc(N3CCC3=O)ncc21. The number of carbonyl (C=O) groups excluding carboxylic acids is 3. The second-order valence-electron chi connectivity index (χ2n) is 7.90. The molecule has 3 amide bonds. The number of likely N-dealkylation sites (N-methyl/N-ethyl adjacent to an activating group) is 1. The third-order valence-electron chi connectivity index (χ3n) is 5.69. The van der Waals surface area contributed by atoms with E-state index in [1.807, 2.05) is 0 Å². The summed E-state index contributed by atoms with van der Waals surface area (Å²) in [6.07, 6.45) is 3.41. The first-order chi connectivity index (χ1) is 16.4. The van der Waals surface area contributed by atoms with Crippen LogP contribution in [0, 0.1) is 5.82 Å². The van der Waals surface area contributed by atoms with Crippen molar-refractivity contribution < 1.29 is 18.8 Å². The predicted molar refractivity (Wildman–Crippen MR) is 122 cm³/mol. The van der Waals surface area contributed by atoms with Gasteiger partial charge in [0.25, 0.3) is 5.91 Å². The van der Waals surface area contributed by atoms with Crippen molar-refractivity contribution in [3.05, 3.63) is 60.1 Å². The molecule has 1 aromatic carbocycles. The zero-order valence-corrected chi connectivity index (χ0v) is 19.0. The lowest BCUT2D eigenvalue weighted by Crippen LogP contribution is -2.48. The smallest absolute Gasteiger partial charge is 0.291 e. The minimum atomic E-state index is -0.817. The number of hydrogen-bond acceptors (Lipinski definition) is 7. The van der Waals surface area contributed by atoms with Gasteiger partial charge >= 0.3 is 0 Å². The largest absolute Gasteiger partial charge is 0.337 e. The maximum atomic E-state index is 13.9. The lowest BCUT2D eigenvalue weighted by molar-refractivity contribution is -0.122. The van der Waals surface area contributed by atoms with E-state index in [4.69, 9.17) is 0 Å². The van der Waals surface area contributed by atoms with Gasteiger partial charge < -0.3 is 10.2 Å². The molecule has 0 aliphatic carbocycles. The van der Waals surface area contributed by atoms with Crippen molar-refractivity contribution in [2.75, 3.05) is 29.1 Å². The van der Waals surface area contributed by atoms with Crippen LogP contribution in [0.25, 0.3) is 0 Å². The fourth-order valence-electron chi connectivity index (χ4n) is 3.69. The van der Waals surface area contributed by atoms with Crippen molar-refractivity contribution in [2.24, 2.45) is 0 Å². The molecule has 4 heterocycles. The van der Waals surface area contributed by atoms with E-state index in [9.17, 15) is 18.8 Å². The van der Waals surface area contributed by atoms with Crippen LogP contribution < -0.4 is 15.1 Å². The Balaban J connectivity index is 1.28. The summed E-state index contributed by atoms with van der Waals surface area (Å²) in [5.41, 5.74) is 1.03. The quantitative estimate of drug-likeness (QED) is 0.549. The first kappa shape index (κ1) is 22.0. The van der Waals surface area contributed by atoms with Gasteiger partial charge in [0.15, 0.2) is 0 Å². The molecule has 2 aromatic heterocycles. The Hall–Kier alpha value is -3.80. The molecule has 0 bridgehead atoms. The second-order valence-corrected chi connectivity index (χ2v) is 8.96. The molecule has 1 fully saturated rings. The summed E-state index contributed by atoms with van der Waals surface area (Å²) < 4.78 is 15.2. The van der Waals surface area contributed by atoms with Crippen LogP contribution in [0.15, 0.2) is 47.8 Å². The highest BCUT2D eigenvalue weighted by atomic mass is 32.2. The highest BCUT2D eigenvalue weighted by Crippen LogP contribution is 2.36. The number of hydrogen-bond donors (Lipinski definition) is 1. The van der Waals surface area contributed by atoms with E-state index in [-0.39, 0.29) is 35.8 Å². The molecule has 174 valence electrons. The number of fused-ring (bicyclic) bond motifs is 1. The molecule has 1 N–H and O–H groups in total. The molecule has 12 heteroatoms. The third kappa shape index (κ3) is 4.12. The zero-order valence-electron chi connectivity index (χ0n) is 18.1. The number of halogens is 1. The molecular weight excluding hydrogens is 461 g/mol. The molecule has 0 unspecified atom stereocenters. The van der Waals surface area contributed by atoms with Crippen LogP contribution in [0.5, 0.6) is 0 Å². The van der Waals surface area contributed by atoms with Crippen molar-refractivity contribution in [2.45, 2.75) is 23.9 Å². The van der Waals surface area contributed by atoms with Gasteiger partial charge in [-0.2, -0.15) is 0 Å². The van der Waals surface area contributed by atoms with Gasteiger partial charge in [0.05, 0.1) is 18.4 Å². The van der Waals surface area contributed by atoms with E-state index in [1.165, 1.54) is 33.7 Å². The number of nitrogens with one attached hydrogen (secondary N) is 1. The summed E-state index contributed by atoms with van der Waals surface area (Å²) in [5.74, 6) is -0.536.